The molecule has 0 radical (unpaired) electrons. The van der Waals surface area contributed by atoms with Crippen molar-refractivity contribution in [1.29, 1.82) is 0 Å². The number of aromatic nitrogens is 2. The summed E-state index contributed by atoms with van der Waals surface area (Å²) >= 11 is 1.99. The first-order chi connectivity index (χ1) is 7.29. The first-order valence-corrected chi connectivity index (χ1v) is 6.85. The lowest BCUT2D eigenvalue weighted by Gasteiger charge is -2.18. The molecule has 1 aliphatic carbocycles. The van der Waals surface area contributed by atoms with Gasteiger partial charge in [-0.25, -0.2) is 4.98 Å². The van der Waals surface area contributed by atoms with E-state index in [0.29, 0.717) is 6.04 Å². The van der Waals surface area contributed by atoms with Crippen molar-refractivity contribution in [2.45, 2.75) is 44.0 Å². The van der Waals surface area contributed by atoms with Gasteiger partial charge in [-0.05, 0) is 26.0 Å². The fraction of sp³-hybridized carbons (Fsp3) is 0.727. The highest BCUT2D eigenvalue weighted by Gasteiger charge is 2.25. The van der Waals surface area contributed by atoms with Gasteiger partial charge in [0, 0.05) is 29.7 Å². The average Bonchev–Trinajstić information content (AvgIpc) is 2.83. The van der Waals surface area contributed by atoms with Gasteiger partial charge >= 0.3 is 0 Å². The minimum absolute atomic E-state index is 0.684. The van der Waals surface area contributed by atoms with Crippen LogP contribution in [0.4, 0.5) is 0 Å². The summed E-state index contributed by atoms with van der Waals surface area (Å²) in [5, 5.41) is 4.42. The van der Waals surface area contributed by atoms with E-state index >= 15 is 0 Å². The highest BCUT2D eigenvalue weighted by molar-refractivity contribution is 7.99. The lowest BCUT2D eigenvalue weighted by Crippen LogP contribution is -2.33. The summed E-state index contributed by atoms with van der Waals surface area (Å²) < 4.78 is 0. The summed E-state index contributed by atoms with van der Waals surface area (Å²) in [4.78, 5) is 7.45. The van der Waals surface area contributed by atoms with E-state index < -0.39 is 0 Å². The number of thioether (sulfide) groups is 1. The quantitative estimate of drug-likeness (QED) is 0.824. The van der Waals surface area contributed by atoms with Crippen LogP contribution in [0.5, 0.6) is 0 Å². The topological polar surface area (TPSA) is 40.7 Å². The van der Waals surface area contributed by atoms with Gasteiger partial charge in [0.05, 0.1) is 0 Å². The van der Waals surface area contributed by atoms with E-state index in [4.69, 9.17) is 0 Å². The summed E-state index contributed by atoms with van der Waals surface area (Å²) in [6, 6.07) is 0.684. The third-order valence-electron chi connectivity index (χ3n) is 3.07. The number of aromatic amines is 1. The van der Waals surface area contributed by atoms with Crippen molar-refractivity contribution < 1.29 is 0 Å². The van der Waals surface area contributed by atoms with Gasteiger partial charge in [0.2, 0.25) is 0 Å². The van der Waals surface area contributed by atoms with Crippen molar-refractivity contribution in [3.05, 3.63) is 17.7 Å². The predicted molar refractivity (Wildman–Crippen MR) is 65.1 cm³/mol. The summed E-state index contributed by atoms with van der Waals surface area (Å²) in [5.41, 5.74) is 1.19. The summed E-state index contributed by atoms with van der Waals surface area (Å²) in [7, 11) is 0. The van der Waals surface area contributed by atoms with Crippen LogP contribution in [-0.4, -0.2) is 27.5 Å². The molecular formula is C11H19N3S. The van der Waals surface area contributed by atoms with Gasteiger partial charge in [-0.2, -0.15) is 11.8 Å². The normalized spacial score (nSPS) is 26.0. The molecule has 0 saturated heterocycles. The number of aryl methyl sites for hydroxylation is 1. The highest BCUT2D eigenvalue weighted by Crippen LogP contribution is 2.28. The molecule has 1 saturated carbocycles. The van der Waals surface area contributed by atoms with E-state index in [-0.39, 0.29) is 0 Å². The Morgan fingerprint density at radius 3 is 3.13 bits per heavy atom. The Kier molecular flexibility index (Phi) is 3.70. The molecule has 1 aromatic rings. The van der Waals surface area contributed by atoms with Crippen LogP contribution in [0.3, 0.4) is 0 Å². The van der Waals surface area contributed by atoms with Crippen LogP contribution in [0.2, 0.25) is 0 Å². The number of hydrogen-bond donors (Lipinski definition) is 2. The van der Waals surface area contributed by atoms with Crippen LogP contribution in [0.1, 0.15) is 30.8 Å². The van der Waals surface area contributed by atoms with Crippen molar-refractivity contribution in [2.24, 2.45) is 0 Å². The monoisotopic (exact) mass is 225 g/mol. The molecule has 3 nitrogen and oxygen atoms in total. The number of nitrogens with one attached hydrogen (secondary N) is 2. The Hall–Kier alpha value is -0.480. The molecule has 2 unspecified atom stereocenters. The molecule has 0 aromatic carbocycles. The molecule has 84 valence electrons. The van der Waals surface area contributed by atoms with Crippen LogP contribution in [0.25, 0.3) is 0 Å². The Bertz CT molecular complexity index is 311. The summed E-state index contributed by atoms with van der Waals surface area (Å²) in [6.07, 6.45) is 8.18. The lowest BCUT2D eigenvalue weighted by molar-refractivity contribution is 0.528. The summed E-state index contributed by atoms with van der Waals surface area (Å²) in [6.45, 7) is 2.91. The van der Waals surface area contributed by atoms with Gasteiger partial charge < -0.3 is 10.3 Å². The molecule has 2 atom stereocenters. The number of rotatable bonds is 4. The largest absolute Gasteiger partial charge is 0.345 e. The molecule has 4 heteroatoms. The molecule has 2 rings (SSSR count). The van der Waals surface area contributed by atoms with E-state index in [1.807, 2.05) is 24.9 Å². The second-order valence-corrected chi connectivity index (χ2v) is 5.26. The average molecular weight is 225 g/mol. The van der Waals surface area contributed by atoms with E-state index in [9.17, 15) is 0 Å². The predicted octanol–water partition coefficient (Wildman–Crippen LogP) is 2.09. The van der Waals surface area contributed by atoms with Gasteiger partial charge in [0.25, 0.3) is 0 Å². The molecule has 0 spiro atoms. The maximum absolute atomic E-state index is 4.20. The second-order valence-electron chi connectivity index (χ2n) is 4.19. The van der Waals surface area contributed by atoms with Gasteiger partial charge in [-0.15, -0.1) is 0 Å². The van der Waals surface area contributed by atoms with Crippen LogP contribution in [-0.2, 0) is 6.54 Å². The van der Waals surface area contributed by atoms with Crippen molar-refractivity contribution in [3.63, 3.8) is 0 Å². The molecule has 0 bridgehead atoms. The van der Waals surface area contributed by atoms with Crippen LogP contribution in [0, 0.1) is 6.92 Å². The highest BCUT2D eigenvalue weighted by atomic mass is 32.2. The molecule has 0 aliphatic heterocycles. The minimum atomic E-state index is 0.684. The Morgan fingerprint density at radius 1 is 1.60 bits per heavy atom. The molecular weight excluding hydrogens is 206 g/mol. The molecule has 2 N–H and O–H groups in total. The zero-order valence-electron chi connectivity index (χ0n) is 9.42. The van der Waals surface area contributed by atoms with Gasteiger partial charge in [-0.1, -0.05) is 6.42 Å². The molecule has 0 amide bonds. The minimum Gasteiger partial charge on any atom is -0.345 e. The fourth-order valence-corrected chi connectivity index (χ4v) is 3.21. The van der Waals surface area contributed by atoms with Gasteiger partial charge in [0.15, 0.2) is 0 Å². The molecule has 15 heavy (non-hydrogen) atoms. The standard InChI is InChI=1S/C11H19N3S/c1-8-12-6-9(14-8)7-13-10-4-3-5-11(10)15-2/h6,10-11,13H,3-5,7H2,1-2H3,(H,12,14). The first-order valence-electron chi connectivity index (χ1n) is 5.56. The summed E-state index contributed by atoms with van der Waals surface area (Å²) in [5.74, 6) is 1.000. The van der Waals surface area contributed by atoms with E-state index in [1.165, 1.54) is 25.0 Å². The van der Waals surface area contributed by atoms with Crippen molar-refractivity contribution in [2.75, 3.05) is 6.26 Å². The van der Waals surface area contributed by atoms with Crippen molar-refractivity contribution >= 4 is 11.8 Å². The number of hydrogen-bond acceptors (Lipinski definition) is 3. The third-order valence-corrected chi connectivity index (χ3v) is 4.24. The molecule has 1 aromatic heterocycles. The van der Waals surface area contributed by atoms with E-state index in [2.05, 4.69) is 21.5 Å². The Labute approximate surface area is 95.4 Å². The Balaban J connectivity index is 1.82. The smallest absolute Gasteiger partial charge is 0.103 e. The molecule has 1 heterocycles. The zero-order chi connectivity index (χ0) is 10.7. The zero-order valence-corrected chi connectivity index (χ0v) is 10.2. The number of nitrogens with zero attached hydrogens (tertiary/aromatic N) is 1. The van der Waals surface area contributed by atoms with Crippen molar-refractivity contribution in [1.82, 2.24) is 15.3 Å². The Morgan fingerprint density at radius 2 is 2.47 bits per heavy atom. The van der Waals surface area contributed by atoms with Crippen LogP contribution >= 0.6 is 11.8 Å². The van der Waals surface area contributed by atoms with Gasteiger partial charge in [0.1, 0.15) is 5.82 Å². The lowest BCUT2D eigenvalue weighted by atomic mass is 10.2. The van der Waals surface area contributed by atoms with Crippen LogP contribution in [0.15, 0.2) is 6.20 Å². The van der Waals surface area contributed by atoms with Crippen LogP contribution < -0.4 is 5.32 Å². The van der Waals surface area contributed by atoms with Crippen molar-refractivity contribution in [3.8, 4) is 0 Å². The maximum atomic E-state index is 4.20. The third kappa shape index (κ3) is 2.75. The van der Waals surface area contributed by atoms with E-state index in [1.54, 1.807) is 0 Å². The molecule has 1 aliphatic rings. The molecule has 1 fully saturated rings. The number of H-pyrrole nitrogens is 1. The first kappa shape index (κ1) is 11.0. The van der Waals surface area contributed by atoms with E-state index in [0.717, 1.165) is 17.6 Å². The fourth-order valence-electron chi connectivity index (χ4n) is 2.24. The maximum Gasteiger partial charge on any atom is 0.103 e. The van der Waals surface area contributed by atoms with Gasteiger partial charge in [-0.3, -0.25) is 0 Å². The number of imidazole rings is 1. The SMILES string of the molecule is CSC1CCCC1NCc1cnc(C)[nH]1. The second kappa shape index (κ2) is 5.03.